The SMILES string of the molecule is Cn1ccnc1C(=O)N1CC[C@H]2CN(Cc3ccccc3)C[C@@]2(CO)C1. The van der Waals surface area contributed by atoms with Crippen molar-refractivity contribution in [2.75, 3.05) is 32.8 Å². The van der Waals surface area contributed by atoms with E-state index in [0.717, 1.165) is 32.6 Å². The molecule has 0 aliphatic carbocycles. The number of likely N-dealkylation sites (tertiary alicyclic amines) is 2. The minimum Gasteiger partial charge on any atom is -0.396 e. The van der Waals surface area contributed by atoms with Crippen LogP contribution in [0.2, 0.25) is 0 Å². The molecular formula is C20H26N4O2. The van der Waals surface area contributed by atoms with Gasteiger partial charge in [-0.1, -0.05) is 30.3 Å². The normalized spacial score (nSPS) is 26.1. The van der Waals surface area contributed by atoms with Crippen LogP contribution in [-0.2, 0) is 13.6 Å². The van der Waals surface area contributed by atoms with Gasteiger partial charge in [-0.3, -0.25) is 9.69 Å². The molecule has 4 rings (SSSR count). The van der Waals surface area contributed by atoms with Gasteiger partial charge in [-0.15, -0.1) is 0 Å². The molecule has 2 aromatic rings. The monoisotopic (exact) mass is 354 g/mol. The third-order valence-corrected chi connectivity index (χ3v) is 6.00. The molecule has 2 atom stereocenters. The van der Waals surface area contributed by atoms with Crippen molar-refractivity contribution in [3.05, 3.63) is 54.1 Å². The number of fused-ring (bicyclic) bond motifs is 1. The average Bonchev–Trinajstić information content (AvgIpc) is 3.24. The molecule has 1 aromatic heterocycles. The molecule has 0 spiro atoms. The second-order valence-electron chi connectivity index (χ2n) is 7.75. The first-order valence-corrected chi connectivity index (χ1v) is 9.25. The predicted molar refractivity (Wildman–Crippen MR) is 98.5 cm³/mol. The Bertz CT molecular complexity index is 775. The number of amides is 1. The lowest BCUT2D eigenvalue weighted by Crippen LogP contribution is -2.53. The van der Waals surface area contributed by atoms with Gasteiger partial charge in [-0.05, 0) is 17.9 Å². The number of nitrogens with zero attached hydrogens (tertiary/aromatic N) is 4. The predicted octanol–water partition coefficient (Wildman–Crippen LogP) is 1.38. The van der Waals surface area contributed by atoms with E-state index in [0.29, 0.717) is 18.3 Å². The molecule has 6 heteroatoms. The Morgan fingerprint density at radius 2 is 2.12 bits per heavy atom. The second-order valence-corrected chi connectivity index (χ2v) is 7.75. The fourth-order valence-electron chi connectivity index (χ4n) is 4.57. The number of hydrogen-bond acceptors (Lipinski definition) is 4. The molecule has 2 saturated heterocycles. The Morgan fingerprint density at radius 1 is 1.31 bits per heavy atom. The standard InChI is InChI=1S/C20H26N4O2/c1-22-10-8-21-18(22)19(26)24-9-7-17-12-23(13-20(17,14-24)15-25)11-16-5-3-2-4-6-16/h2-6,8,10,17,25H,7,9,11-15H2,1H3/t17-,20-/m0/s1. The lowest BCUT2D eigenvalue weighted by atomic mass is 9.74. The number of hydrogen-bond donors (Lipinski definition) is 1. The first-order valence-electron chi connectivity index (χ1n) is 9.25. The van der Waals surface area contributed by atoms with E-state index in [1.54, 1.807) is 17.0 Å². The summed E-state index contributed by atoms with van der Waals surface area (Å²) in [5.41, 5.74) is 1.06. The van der Waals surface area contributed by atoms with Gasteiger partial charge in [0.05, 0.1) is 6.61 Å². The highest BCUT2D eigenvalue weighted by molar-refractivity contribution is 5.91. The van der Waals surface area contributed by atoms with Crippen molar-refractivity contribution < 1.29 is 9.90 Å². The van der Waals surface area contributed by atoms with Gasteiger partial charge in [-0.25, -0.2) is 4.98 Å². The van der Waals surface area contributed by atoms with Crippen molar-refractivity contribution in [1.82, 2.24) is 19.4 Å². The topological polar surface area (TPSA) is 61.6 Å². The Kier molecular flexibility index (Phi) is 4.54. The van der Waals surface area contributed by atoms with E-state index in [4.69, 9.17) is 0 Å². The highest BCUT2D eigenvalue weighted by atomic mass is 16.3. The summed E-state index contributed by atoms with van der Waals surface area (Å²) in [5.74, 6) is 0.864. The van der Waals surface area contributed by atoms with Crippen LogP contribution >= 0.6 is 0 Å². The first kappa shape index (κ1) is 17.2. The first-order chi connectivity index (χ1) is 12.6. The van der Waals surface area contributed by atoms with Crippen LogP contribution in [0.3, 0.4) is 0 Å². The van der Waals surface area contributed by atoms with E-state index >= 15 is 0 Å². The highest BCUT2D eigenvalue weighted by Gasteiger charge is 2.50. The zero-order valence-electron chi connectivity index (χ0n) is 15.2. The highest BCUT2D eigenvalue weighted by Crippen LogP contribution is 2.42. The Labute approximate surface area is 154 Å². The number of piperidine rings is 1. The van der Waals surface area contributed by atoms with Gasteiger partial charge in [0.1, 0.15) is 0 Å². The van der Waals surface area contributed by atoms with E-state index in [1.807, 2.05) is 18.0 Å². The van der Waals surface area contributed by atoms with E-state index in [9.17, 15) is 9.90 Å². The maximum absolute atomic E-state index is 12.8. The summed E-state index contributed by atoms with van der Waals surface area (Å²) in [6, 6.07) is 10.4. The number of imidazole rings is 1. The number of benzene rings is 1. The summed E-state index contributed by atoms with van der Waals surface area (Å²) < 4.78 is 1.76. The summed E-state index contributed by atoms with van der Waals surface area (Å²) in [7, 11) is 1.84. The van der Waals surface area contributed by atoms with Crippen LogP contribution in [0.25, 0.3) is 0 Å². The van der Waals surface area contributed by atoms with Gasteiger partial charge in [0.15, 0.2) is 5.82 Å². The molecule has 0 saturated carbocycles. The fraction of sp³-hybridized carbons (Fsp3) is 0.500. The average molecular weight is 354 g/mol. The lowest BCUT2D eigenvalue weighted by Gasteiger charge is -2.43. The van der Waals surface area contributed by atoms with E-state index in [-0.39, 0.29) is 17.9 Å². The number of carbonyl (C=O) groups excluding carboxylic acids is 1. The van der Waals surface area contributed by atoms with Gasteiger partial charge in [0.25, 0.3) is 5.91 Å². The van der Waals surface area contributed by atoms with Crippen molar-refractivity contribution >= 4 is 5.91 Å². The summed E-state index contributed by atoms with van der Waals surface area (Å²) in [5, 5.41) is 10.2. The largest absolute Gasteiger partial charge is 0.396 e. The minimum absolute atomic E-state index is 0.0368. The van der Waals surface area contributed by atoms with Gasteiger partial charge in [-0.2, -0.15) is 0 Å². The molecule has 3 heterocycles. The summed E-state index contributed by atoms with van der Waals surface area (Å²) >= 11 is 0. The maximum Gasteiger partial charge on any atom is 0.289 e. The molecule has 0 bridgehead atoms. The zero-order chi connectivity index (χ0) is 18.1. The molecule has 138 valence electrons. The fourth-order valence-corrected chi connectivity index (χ4v) is 4.57. The number of aromatic nitrogens is 2. The Hall–Kier alpha value is -2.18. The third kappa shape index (κ3) is 3.04. The molecule has 6 nitrogen and oxygen atoms in total. The Balaban J connectivity index is 1.49. The van der Waals surface area contributed by atoms with Crippen LogP contribution in [0.15, 0.2) is 42.7 Å². The van der Waals surface area contributed by atoms with Crippen molar-refractivity contribution in [3.8, 4) is 0 Å². The molecule has 1 N–H and O–H groups in total. The molecule has 0 radical (unpaired) electrons. The van der Waals surface area contributed by atoms with Crippen molar-refractivity contribution in [3.63, 3.8) is 0 Å². The summed E-state index contributed by atoms with van der Waals surface area (Å²) in [6.45, 7) is 4.16. The van der Waals surface area contributed by atoms with Gasteiger partial charge >= 0.3 is 0 Å². The minimum atomic E-state index is -0.228. The van der Waals surface area contributed by atoms with Gasteiger partial charge in [0.2, 0.25) is 0 Å². The lowest BCUT2D eigenvalue weighted by molar-refractivity contribution is 0.0110. The van der Waals surface area contributed by atoms with Crippen LogP contribution in [-0.4, -0.2) is 63.2 Å². The maximum atomic E-state index is 12.8. The van der Waals surface area contributed by atoms with Crippen LogP contribution in [0.1, 0.15) is 22.6 Å². The van der Waals surface area contributed by atoms with E-state index in [2.05, 4.69) is 34.1 Å². The summed E-state index contributed by atoms with van der Waals surface area (Å²) in [6.07, 6.45) is 4.37. The molecule has 2 aliphatic heterocycles. The quantitative estimate of drug-likeness (QED) is 0.901. The zero-order valence-corrected chi connectivity index (χ0v) is 15.2. The third-order valence-electron chi connectivity index (χ3n) is 6.00. The van der Waals surface area contributed by atoms with Crippen LogP contribution in [0.4, 0.5) is 0 Å². The molecular weight excluding hydrogens is 328 g/mol. The molecule has 26 heavy (non-hydrogen) atoms. The molecule has 2 aliphatic rings. The molecule has 2 fully saturated rings. The Morgan fingerprint density at radius 3 is 2.81 bits per heavy atom. The summed E-state index contributed by atoms with van der Waals surface area (Å²) in [4.78, 5) is 21.3. The number of aryl methyl sites for hydroxylation is 1. The van der Waals surface area contributed by atoms with Crippen LogP contribution in [0, 0.1) is 11.3 Å². The molecule has 0 unspecified atom stereocenters. The van der Waals surface area contributed by atoms with Crippen molar-refractivity contribution in [2.24, 2.45) is 18.4 Å². The van der Waals surface area contributed by atoms with Crippen LogP contribution in [0.5, 0.6) is 0 Å². The smallest absolute Gasteiger partial charge is 0.289 e. The second kappa shape index (κ2) is 6.85. The van der Waals surface area contributed by atoms with Gasteiger partial charge < -0.3 is 14.6 Å². The van der Waals surface area contributed by atoms with Crippen molar-refractivity contribution in [1.29, 1.82) is 0 Å². The number of aliphatic hydroxyl groups excluding tert-OH is 1. The molecule has 1 amide bonds. The van der Waals surface area contributed by atoms with Gasteiger partial charge in [0, 0.05) is 57.6 Å². The number of carbonyl (C=O) groups is 1. The number of aliphatic hydroxyl groups is 1. The van der Waals surface area contributed by atoms with E-state index < -0.39 is 0 Å². The van der Waals surface area contributed by atoms with Crippen LogP contribution < -0.4 is 0 Å². The van der Waals surface area contributed by atoms with E-state index in [1.165, 1.54) is 5.56 Å². The van der Waals surface area contributed by atoms with Crippen molar-refractivity contribution in [2.45, 2.75) is 13.0 Å². The molecule has 1 aromatic carbocycles. The number of rotatable bonds is 4.